The van der Waals surface area contributed by atoms with Gasteiger partial charge in [-0.3, -0.25) is 0 Å². The van der Waals surface area contributed by atoms with E-state index < -0.39 is 0 Å². The van der Waals surface area contributed by atoms with Gasteiger partial charge in [-0.05, 0) is 12.1 Å². The van der Waals surface area contributed by atoms with E-state index >= 15 is 0 Å². The van der Waals surface area contributed by atoms with Crippen LogP contribution in [-0.2, 0) is 6.42 Å². The molecule has 0 aliphatic carbocycles. The van der Waals surface area contributed by atoms with Gasteiger partial charge in [0.2, 0.25) is 6.39 Å². The van der Waals surface area contributed by atoms with Gasteiger partial charge in [0.15, 0.2) is 5.82 Å². The van der Waals surface area contributed by atoms with Crippen LogP contribution >= 0.6 is 11.6 Å². The molecule has 0 aromatic carbocycles. The Morgan fingerprint density at radius 2 is 2.35 bits per heavy atom. The SMILES string of the molecule is N#Cc1cc(Cl)nc(NCCc2ncon2)c1. The highest BCUT2D eigenvalue weighted by Gasteiger charge is 2.02. The lowest BCUT2D eigenvalue weighted by molar-refractivity contribution is 0.410. The molecule has 86 valence electrons. The molecule has 6 nitrogen and oxygen atoms in total. The second kappa shape index (κ2) is 5.27. The summed E-state index contributed by atoms with van der Waals surface area (Å²) in [5, 5.41) is 15.8. The molecule has 0 saturated carbocycles. The quantitative estimate of drug-likeness (QED) is 0.829. The van der Waals surface area contributed by atoms with Crippen molar-refractivity contribution in [1.82, 2.24) is 15.1 Å². The van der Waals surface area contributed by atoms with Gasteiger partial charge in [0.1, 0.15) is 11.0 Å². The minimum atomic E-state index is 0.283. The summed E-state index contributed by atoms with van der Waals surface area (Å²) in [6.07, 6.45) is 1.88. The van der Waals surface area contributed by atoms with E-state index in [0.717, 1.165) is 0 Å². The van der Waals surface area contributed by atoms with Crippen LogP contribution in [0.2, 0.25) is 5.15 Å². The van der Waals surface area contributed by atoms with Crippen LogP contribution in [0.1, 0.15) is 11.4 Å². The minimum Gasteiger partial charge on any atom is -0.370 e. The molecule has 0 radical (unpaired) electrons. The molecule has 0 spiro atoms. The first-order valence-corrected chi connectivity index (χ1v) is 5.22. The lowest BCUT2D eigenvalue weighted by Gasteiger charge is -2.04. The molecule has 2 rings (SSSR count). The fraction of sp³-hybridized carbons (Fsp3) is 0.200. The van der Waals surface area contributed by atoms with E-state index in [4.69, 9.17) is 16.9 Å². The number of nitriles is 1. The van der Waals surface area contributed by atoms with Crippen LogP contribution in [0.15, 0.2) is 23.0 Å². The highest BCUT2D eigenvalue weighted by Crippen LogP contribution is 2.13. The third kappa shape index (κ3) is 3.16. The first-order valence-electron chi connectivity index (χ1n) is 4.85. The number of hydrogen-bond donors (Lipinski definition) is 1. The van der Waals surface area contributed by atoms with E-state index in [2.05, 4.69) is 25.0 Å². The Labute approximate surface area is 102 Å². The first-order chi connectivity index (χ1) is 8.28. The molecule has 2 aromatic rings. The van der Waals surface area contributed by atoms with Gasteiger partial charge in [0.25, 0.3) is 0 Å². The Morgan fingerprint density at radius 3 is 3.06 bits per heavy atom. The van der Waals surface area contributed by atoms with Crippen LogP contribution < -0.4 is 5.32 Å². The molecule has 17 heavy (non-hydrogen) atoms. The summed E-state index contributed by atoms with van der Waals surface area (Å²) in [4.78, 5) is 7.92. The zero-order valence-corrected chi connectivity index (χ0v) is 9.48. The average molecular weight is 250 g/mol. The van der Waals surface area contributed by atoms with Gasteiger partial charge < -0.3 is 9.84 Å². The second-order valence-electron chi connectivity index (χ2n) is 3.20. The molecule has 0 amide bonds. The van der Waals surface area contributed by atoms with Gasteiger partial charge in [-0.1, -0.05) is 16.8 Å². The lowest BCUT2D eigenvalue weighted by atomic mass is 10.3. The first kappa shape index (κ1) is 11.4. The van der Waals surface area contributed by atoms with Gasteiger partial charge in [0.05, 0.1) is 11.6 Å². The summed E-state index contributed by atoms with van der Waals surface area (Å²) < 4.78 is 4.60. The van der Waals surface area contributed by atoms with E-state index in [1.807, 2.05) is 6.07 Å². The number of aromatic nitrogens is 3. The predicted molar refractivity (Wildman–Crippen MR) is 60.5 cm³/mol. The summed E-state index contributed by atoms with van der Waals surface area (Å²) in [5.41, 5.74) is 0.465. The minimum absolute atomic E-state index is 0.283. The molecule has 2 aromatic heterocycles. The Morgan fingerprint density at radius 1 is 1.47 bits per heavy atom. The molecule has 0 aliphatic heterocycles. The fourth-order valence-electron chi connectivity index (χ4n) is 1.26. The van der Waals surface area contributed by atoms with Crippen molar-refractivity contribution in [3.8, 4) is 6.07 Å². The molecule has 0 unspecified atom stereocenters. The molecule has 0 bridgehead atoms. The van der Waals surface area contributed by atoms with E-state index in [1.54, 1.807) is 6.07 Å². The summed E-state index contributed by atoms with van der Waals surface area (Å²) in [6, 6.07) is 5.14. The molecule has 0 atom stereocenters. The van der Waals surface area contributed by atoms with Gasteiger partial charge in [-0.25, -0.2) is 4.98 Å². The summed E-state index contributed by atoms with van der Waals surface area (Å²) in [6.45, 7) is 0.581. The normalized spacial score (nSPS) is 9.88. The Balaban J connectivity index is 1.95. The van der Waals surface area contributed by atoms with Crippen molar-refractivity contribution in [3.05, 3.63) is 35.1 Å². The summed E-state index contributed by atoms with van der Waals surface area (Å²) >= 11 is 5.77. The predicted octanol–water partition coefficient (Wildman–Crippen LogP) is 1.64. The molecular formula is C10H8ClN5O. The van der Waals surface area contributed by atoms with Crippen molar-refractivity contribution in [2.45, 2.75) is 6.42 Å². The van der Waals surface area contributed by atoms with Crippen molar-refractivity contribution in [2.24, 2.45) is 0 Å². The zero-order chi connectivity index (χ0) is 12.1. The smallest absolute Gasteiger partial charge is 0.213 e. The number of anilines is 1. The number of pyridine rings is 1. The Hall–Kier alpha value is -2.13. The maximum atomic E-state index is 8.77. The van der Waals surface area contributed by atoms with Gasteiger partial charge in [0, 0.05) is 13.0 Å². The molecule has 0 fully saturated rings. The lowest BCUT2D eigenvalue weighted by Crippen LogP contribution is -2.07. The Kier molecular flexibility index (Phi) is 3.52. The Bertz CT molecular complexity index is 534. The maximum absolute atomic E-state index is 8.77. The number of rotatable bonds is 4. The van der Waals surface area contributed by atoms with Crippen molar-refractivity contribution in [3.63, 3.8) is 0 Å². The molecule has 2 heterocycles. The maximum Gasteiger partial charge on any atom is 0.213 e. The number of nitrogens with zero attached hydrogens (tertiary/aromatic N) is 4. The molecule has 0 saturated heterocycles. The standard InChI is InChI=1S/C10H8ClN5O/c11-8-3-7(5-12)4-10(15-8)13-2-1-9-14-6-17-16-9/h3-4,6H,1-2H2,(H,13,15). The van der Waals surface area contributed by atoms with Crippen LogP contribution in [-0.4, -0.2) is 21.7 Å². The molecule has 0 aliphatic rings. The summed E-state index contributed by atoms with van der Waals surface area (Å²) in [5.74, 6) is 1.16. The third-order valence-corrected chi connectivity index (χ3v) is 2.18. The van der Waals surface area contributed by atoms with Gasteiger partial charge in [-0.2, -0.15) is 10.2 Å². The third-order valence-electron chi connectivity index (χ3n) is 1.98. The van der Waals surface area contributed by atoms with Crippen LogP contribution in [0.5, 0.6) is 0 Å². The fourth-order valence-corrected chi connectivity index (χ4v) is 1.47. The van der Waals surface area contributed by atoms with Crippen LogP contribution in [0.3, 0.4) is 0 Å². The molecule has 7 heteroatoms. The van der Waals surface area contributed by atoms with Crippen molar-refractivity contribution in [1.29, 1.82) is 5.26 Å². The largest absolute Gasteiger partial charge is 0.370 e. The highest BCUT2D eigenvalue weighted by molar-refractivity contribution is 6.29. The number of halogens is 1. The zero-order valence-electron chi connectivity index (χ0n) is 8.72. The highest BCUT2D eigenvalue weighted by atomic mass is 35.5. The van der Waals surface area contributed by atoms with Crippen molar-refractivity contribution in [2.75, 3.05) is 11.9 Å². The molecule has 1 N–H and O–H groups in total. The molecular weight excluding hydrogens is 242 g/mol. The van der Waals surface area contributed by atoms with Crippen molar-refractivity contribution >= 4 is 17.4 Å². The number of hydrogen-bond acceptors (Lipinski definition) is 6. The monoisotopic (exact) mass is 249 g/mol. The van der Waals surface area contributed by atoms with E-state index in [-0.39, 0.29) is 5.15 Å². The van der Waals surface area contributed by atoms with Crippen LogP contribution in [0.4, 0.5) is 5.82 Å². The van der Waals surface area contributed by atoms with E-state index in [9.17, 15) is 0 Å². The van der Waals surface area contributed by atoms with E-state index in [1.165, 1.54) is 12.5 Å². The average Bonchev–Trinajstić information content (AvgIpc) is 2.81. The number of nitrogens with one attached hydrogen (secondary N) is 1. The van der Waals surface area contributed by atoms with Gasteiger partial charge in [-0.15, -0.1) is 0 Å². The van der Waals surface area contributed by atoms with E-state index in [0.29, 0.717) is 30.2 Å². The second-order valence-corrected chi connectivity index (χ2v) is 3.59. The summed E-state index contributed by atoms with van der Waals surface area (Å²) in [7, 11) is 0. The van der Waals surface area contributed by atoms with Crippen LogP contribution in [0.25, 0.3) is 0 Å². The van der Waals surface area contributed by atoms with Crippen molar-refractivity contribution < 1.29 is 4.52 Å². The van der Waals surface area contributed by atoms with Gasteiger partial charge >= 0.3 is 0 Å². The van der Waals surface area contributed by atoms with Crippen LogP contribution in [0, 0.1) is 11.3 Å². The topological polar surface area (TPSA) is 87.6 Å².